The largest absolute Gasteiger partial charge is 0.489 e. The van der Waals surface area contributed by atoms with Gasteiger partial charge in [-0.25, -0.2) is 13.1 Å². The molecule has 1 atom stereocenters. The quantitative estimate of drug-likeness (QED) is 0.0576. The van der Waals surface area contributed by atoms with Crippen LogP contribution in [0.5, 0.6) is 17.2 Å². The number of hydrogen-bond acceptors (Lipinski definition) is 10. The fraction of sp³-hybridized carbons (Fsp3) is 0.273. The van der Waals surface area contributed by atoms with Gasteiger partial charge in [0.25, 0.3) is 21.6 Å². The van der Waals surface area contributed by atoms with Gasteiger partial charge in [-0.15, -0.1) is 0 Å². The molecule has 2 heterocycles. The van der Waals surface area contributed by atoms with Crippen LogP contribution in [-0.2, 0) is 27.8 Å². The average molecular weight is 979 g/mol. The third kappa shape index (κ3) is 9.45. The Hall–Kier alpha value is -7.16. The predicted octanol–water partition coefficient (Wildman–Crippen LogP) is 11.7. The topological polar surface area (TPSA) is 160 Å². The highest BCUT2D eigenvalue weighted by molar-refractivity contribution is 7.90. The number of benzene rings is 6. The van der Waals surface area contributed by atoms with Gasteiger partial charge in [0.2, 0.25) is 5.91 Å². The summed E-state index contributed by atoms with van der Waals surface area (Å²) in [6.07, 6.45) is 10.4. The Morgan fingerprint density at radius 3 is 2.46 bits per heavy atom. The van der Waals surface area contributed by atoms with Crippen LogP contribution in [-0.4, -0.2) is 49.7 Å². The van der Waals surface area contributed by atoms with E-state index in [1.165, 1.54) is 12.1 Å². The van der Waals surface area contributed by atoms with E-state index in [4.69, 9.17) is 21.1 Å². The summed E-state index contributed by atoms with van der Waals surface area (Å²) in [4.78, 5) is 43.5. The summed E-state index contributed by atoms with van der Waals surface area (Å²) in [5.74, 6) is 0.951. The van der Waals surface area contributed by atoms with Crippen LogP contribution in [0.15, 0.2) is 138 Å². The van der Waals surface area contributed by atoms with Crippen LogP contribution in [0.1, 0.15) is 82.7 Å². The number of carbonyl (C=O) groups excluding carboxylic acids is 2. The van der Waals surface area contributed by atoms with E-state index in [0.717, 1.165) is 90.3 Å². The molecular formula is C55H52ClN5O8S. The fourth-order valence-electron chi connectivity index (χ4n) is 10.5. The number of carbonyl (C=O) groups is 2. The summed E-state index contributed by atoms with van der Waals surface area (Å²) in [7, 11) is -4.62. The lowest BCUT2D eigenvalue weighted by Gasteiger charge is -2.56. The van der Waals surface area contributed by atoms with Gasteiger partial charge in [0.1, 0.15) is 29.5 Å². The number of likely N-dealkylation sites (tertiary alicyclic amines) is 1. The molecule has 6 aromatic carbocycles. The van der Waals surface area contributed by atoms with Crippen molar-refractivity contribution in [3.8, 4) is 17.2 Å². The van der Waals surface area contributed by atoms with Gasteiger partial charge >= 0.3 is 0 Å². The zero-order chi connectivity index (χ0) is 48.6. The molecule has 2 aliphatic carbocycles. The van der Waals surface area contributed by atoms with Gasteiger partial charge in [-0.05, 0) is 133 Å². The third-order valence-corrected chi connectivity index (χ3v) is 16.0. The van der Waals surface area contributed by atoms with Crippen molar-refractivity contribution < 1.29 is 32.4 Å². The van der Waals surface area contributed by atoms with Gasteiger partial charge in [-0.2, -0.15) is 0 Å². The van der Waals surface area contributed by atoms with Gasteiger partial charge in [0.05, 0.1) is 26.8 Å². The normalized spacial score (nSPS) is 17.3. The van der Waals surface area contributed by atoms with Gasteiger partial charge in [0, 0.05) is 48.2 Å². The van der Waals surface area contributed by atoms with Crippen LogP contribution in [0.25, 0.3) is 6.08 Å². The maximum atomic E-state index is 14.1. The lowest BCUT2D eigenvalue weighted by atomic mass is 9.66. The smallest absolute Gasteiger partial charge is 0.294 e. The van der Waals surface area contributed by atoms with Crippen LogP contribution < -0.4 is 24.4 Å². The number of nitro benzene ring substituents is 1. The molecule has 2 aliphatic heterocycles. The Balaban J connectivity index is 0.851. The number of anilines is 3. The fourth-order valence-corrected chi connectivity index (χ4v) is 11.7. The summed E-state index contributed by atoms with van der Waals surface area (Å²) in [5.41, 5.74) is 5.53. The molecule has 1 saturated carbocycles. The van der Waals surface area contributed by atoms with Crippen LogP contribution in [0, 0.1) is 28.4 Å². The lowest BCUT2D eigenvalue weighted by Crippen LogP contribution is -2.63. The number of halogens is 1. The van der Waals surface area contributed by atoms with Crippen LogP contribution >= 0.6 is 11.6 Å². The maximum absolute atomic E-state index is 14.1. The van der Waals surface area contributed by atoms with Crippen molar-refractivity contribution in [1.29, 1.82) is 0 Å². The number of allylic oxidation sites excluding steroid dienone is 1. The summed E-state index contributed by atoms with van der Waals surface area (Å²) < 4.78 is 42.4. The van der Waals surface area contributed by atoms with Crippen molar-refractivity contribution in [1.82, 2.24) is 9.62 Å². The first-order valence-corrected chi connectivity index (χ1v) is 25.5. The molecule has 70 heavy (non-hydrogen) atoms. The highest BCUT2D eigenvalue weighted by atomic mass is 35.5. The van der Waals surface area contributed by atoms with Crippen LogP contribution in [0.4, 0.5) is 22.7 Å². The maximum Gasteiger partial charge on any atom is 0.294 e. The number of sulfonamides is 1. The Bertz CT molecular complexity index is 3150. The first-order chi connectivity index (χ1) is 33.8. The van der Waals surface area contributed by atoms with Crippen molar-refractivity contribution in [2.45, 2.75) is 69.4 Å². The molecule has 1 unspecified atom stereocenters. The summed E-state index contributed by atoms with van der Waals surface area (Å²) in [6.45, 7) is 4.33. The number of aryl methyl sites for hydroxylation is 1. The highest BCUT2D eigenvalue weighted by Crippen LogP contribution is 2.59. The molecule has 10 rings (SSSR count). The van der Waals surface area contributed by atoms with Gasteiger partial charge < -0.3 is 24.6 Å². The minimum Gasteiger partial charge on any atom is -0.489 e. The van der Waals surface area contributed by atoms with E-state index >= 15 is 0 Å². The number of ether oxygens (including phenoxy) is 2. The molecule has 13 nitrogen and oxygen atoms in total. The molecule has 1 spiro atoms. The van der Waals surface area contributed by atoms with E-state index in [9.17, 15) is 28.1 Å². The lowest BCUT2D eigenvalue weighted by molar-refractivity contribution is -0.384. The number of rotatable bonds is 15. The number of β-lactam (4-membered cyclic amide) rings is 1. The molecule has 2 N–H and O–H groups in total. The summed E-state index contributed by atoms with van der Waals surface area (Å²) in [6, 6.07) is 37.5. The molecule has 0 aromatic heterocycles. The molecule has 2 saturated heterocycles. The molecule has 2 amide bonds. The first kappa shape index (κ1) is 46.6. The molecule has 6 aromatic rings. The van der Waals surface area contributed by atoms with Gasteiger partial charge in [-0.1, -0.05) is 91.2 Å². The van der Waals surface area contributed by atoms with E-state index in [0.29, 0.717) is 42.7 Å². The van der Waals surface area contributed by atoms with Crippen molar-refractivity contribution >= 4 is 62.3 Å². The minimum atomic E-state index is -4.62. The summed E-state index contributed by atoms with van der Waals surface area (Å²) >= 11 is 6.26. The third-order valence-electron chi connectivity index (χ3n) is 14.2. The van der Waals surface area contributed by atoms with E-state index < -0.39 is 31.4 Å². The van der Waals surface area contributed by atoms with Crippen molar-refractivity contribution in [3.05, 3.63) is 182 Å². The van der Waals surface area contributed by atoms with E-state index in [1.54, 1.807) is 36.4 Å². The number of nitro groups is 1. The molecule has 3 fully saturated rings. The zero-order valence-corrected chi connectivity index (χ0v) is 40.2. The standard InChI is InChI=1S/C55H52ClN5O8S/c1-36-15-17-42(31-48(36)56)57-49-22-20-46(33-50(49)61(64)65)70(66,67)58-53(62)47-21-18-43(32-51(47)69-45-19-16-39-11-7-12-40(39)29-45)59-27-23-37(24-28-59)34-60-52(55(54(60)63)25-5-6-26-55)41-13-8-14-44(30-41)68-35-38-9-3-2-4-10-38/h2-4,7-10,12-22,29-33,37,52,57H,5-6,11,23-28,34-35H2,1H3,(H,58,62). The van der Waals surface area contributed by atoms with Gasteiger partial charge in [-0.3, -0.25) is 19.7 Å². The second kappa shape index (κ2) is 19.3. The number of nitrogens with one attached hydrogen (secondary N) is 2. The molecule has 0 bridgehead atoms. The van der Waals surface area contributed by atoms with E-state index in [2.05, 4.69) is 38.0 Å². The van der Waals surface area contributed by atoms with Crippen molar-refractivity contribution in [3.63, 3.8) is 0 Å². The Morgan fingerprint density at radius 2 is 1.69 bits per heavy atom. The molecule has 0 radical (unpaired) electrons. The second-order valence-corrected chi connectivity index (χ2v) is 20.8. The highest BCUT2D eigenvalue weighted by Gasteiger charge is 2.61. The van der Waals surface area contributed by atoms with Gasteiger partial charge in [0.15, 0.2) is 0 Å². The number of fused-ring (bicyclic) bond motifs is 1. The number of piperidine rings is 1. The Kier molecular flexibility index (Phi) is 12.9. The Morgan fingerprint density at radius 1 is 0.886 bits per heavy atom. The van der Waals surface area contributed by atoms with Crippen LogP contribution in [0.3, 0.4) is 0 Å². The SMILES string of the molecule is Cc1ccc(Nc2ccc(S(=O)(=O)NC(=O)c3ccc(N4CCC(CN5C(=O)C6(CCCC6)C5c5cccc(OCc6ccccc6)c5)CC4)cc3Oc3ccc4c(c3)C=CC4)cc2[N+](=O)[O-])cc1Cl. The predicted molar refractivity (Wildman–Crippen MR) is 270 cm³/mol. The average Bonchev–Trinajstić information content (AvgIpc) is 4.07. The van der Waals surface area contributed by atoms with Crippen molar-refractivity contribution in [2.75, 3.05) is 29.9 Å². The molecule has 15 heteroatoms. The van der Waals surface area contributed by atoms with E-state index in [1.807, 2.05) is 73.7 Å². The molecule has 4 aliphatic rings. The summed E-state index contributed by atoms with van der Waals surface area (Å²) in [5, 5.41) is 15.6. The zero-order valence-electron chi connectivity index (χ0n) is 38.6. The van der Waals surface area contributed by atoms with Crippen molar-refractivity contribution in [2.24, 2.45) is 11.3 Å². The number of nitrogens with zero attached hydrogens (tertiary/aromatic N) is 3. The Labute approximate surface area is 412 Å². The molecule has 358 valence electrons. The van der Waals surface area contributed by atoms with Crippen LogP contribution in [0.2, 0.25) is 5.02 Å². The number of hydrogen-bond donors (Lipinski definition) is 2. The number of amides is 2. The minimum absolute atomic E-state index is 0.00615. The van der Waals surface area contributed by atoms with E-state index in [-0.39, 0.29) is 40.3 Å². The first-order valence-electron chi connectivity index (χ1n) is 23.7. The monoisotopic (exact) mass is 977 g/mol. The second-order valence-electron chi connectivity index (χ2n) is 18.7. The molecular weight excluding hydrogens is 926 g/mol.